The molecule has 0 saturated carbocycles. The van der Waals surface area contributed by atoms with Gasteiger partial charge in [-0.2, -0.15) is 5.10 Å². The van der Waals surface area contributed by atoms with Crippen molar-refractivity contribution >= 4 is 27.9 Å². The quantitative estimate of drug-likeness (QED) is 0.438. The number of nitrogens with one attached hydrogen (secondary N) is 2. The van der Waals surface area contributed by atoms with Crippen LogP contribution in [-0.2, 0) is 20.5 Å². The minimum atomic E-state index is -1.12. The molecule has 3 rings (SSSR count). The number of aromatic nitrogens is 3. The Hall–Kier alpha value is -3.07. The first-order chi connectivity index (χ1) is 15.5. The van der Waals surface area contributed by atoms with Crippen molar-refractivity contribution in [3.05, 3.63) is 64.4 Å². The highest BCUT2D eigenvalue weighted by molar-refractivity contribution is 9.10. The summed E-state index contributed by atoms with van der Waals surface area (Å²) in [6.45, 7) is 5.87. The number of carbonyl (C=O) groups excluding carboxylic acids is 1. The standard InChI is InChI=1S/C24H30BrN5O3/c1-24(2,3)21(28-23(32)33)17(13-15-9-7-6-8-10-15)27-22(31)19-14-16(25)20(29(19)4)18-11-12-26-30(18)5/h6-12,14,17,21,28H,13H2,1-5H3,(H,27,31)(H,32,33). The fraction of sp³-hybridized carbons (Fsp3) is 0.375. The zero-order valence-electron chi connectivity index (χ0n) is 19.5. The van der Waals surface area contributed by atoms with Crippen LogP contribution < -0.4 is 10.6 Å². The number of amides is 2. The molecule has 0 aliphatic carbocycles. The van der Waals surface area contributed by atoms with Crippen molar-refractivity contribution < 1.29 is 14.7 Å². The maximum Gasteiger partial charge on any atom is 0.404 e. The Kier molecular flexibility index (Phi) is 7.31. The van der Waals surface area contributed by atoms with Crippen LogP contribution in [-0.4, -0.2) is 43.5 Å². The molecule has 2 atom stereocenters. The van der Waals surface area contributed by atoms with Gasteiger partial charge in [-0.25, -0.2) is 4.79 Å². The van der Waals surface area contributed by atoms with Crippen molar-refractivity contribution in [2.45, 2.75) is 39.3 Å². The lowest BCUT2D eigenvalue weighted by Crippen LogP contribution is -2.58. The van der Waals surface area contributed by atoms with Gasteiger partial charge in [-0.15, -0.1) is 0 Å². The molecule has 0 aliphatic heterocycles. The second-order valence-electron chi connectivity index (χ2n) is 9.19. The van der Waals surface area contributed by atoms with Crippen molar-refractivity contribution in [2.24, 2.45) is 19.5 Å². The van der Waals surface area contributed by atoms with Crippen LogP contribution in [0.25, 0.3) is 11.4 Å². The Morgan fingerprint density at radius 2 is 1.79 bits per heavy atom. The maximum absolute atomic E-state index is 13.5. The van der Waals surface area contributed by atoms with E-state index in [4.69, 9.17) is 0 Å². The van der Waals surface area contributed by atoms with Crippen LogP contribution in [0.3, 0.4) is 0 Å². The molecule has 0 aliphatic rings. The van der Waals surface area contributed by atoms with Gasteiger partial charge in [-0.1, -0.05) is 51.1 Å². The highest BCUT2D eigenvalue weighted by Gasteiger charge is 2.35. The molecule has 0 bridgehead atoms. The van der Waals surface area contributed by atoms with Gasteiger partial charge in [-0.05, 0) is 45.5 Å². The zero-order valence-corrected chi connectivity index (χ0v) is 21.0. The summed E-state index contributed by atoms with van der Waals surface area (Å²) in [5.41, 5.74) is 2.73. The molecular formula is C24H30BrN5O3. The Morgan fingerprint density at radius 3 is 2.33 bits per heavy atom. The maximum atomic E-state index is 13.5. The molecule has 8 nitrogen and oxygen atoms in total. The molecule has 33 heavy (non-hydrogen) atoms. The summed E-state index contributed by atoms with van der Waals surface area (Å²) in [5.74, 6) is -0.283. The molecule has 2 amide bonds. The number of halogens is 1. The van der Waals surface area contributed by atoms with E-state index in [-0.39, 0.29) is 5.91 Å². The predicted molar refractivity (Wildman–Crippen MR) is 131 cm³/mol. The van der Waals surface area contributed by atoms with E-state index >= 15 is 0 Å². The predicted octanol–water partition coefficient (Wildman–Crippen LogP) is 4.21. The van der Waals surface area contributed by atoms with Crippen LogP contribution in [0.4, 0.5) is 4.79 Å². The van der Waals surface area contributed by atoms with Crippen molar-refractivity contribution in [1.82, 2.24) is 25.0 Å². The number of carboxylic acid groups (broad SMARTS) is 1. The van der Waals surface area contributed by atoms with Gasteiger partial charge >= 0.3 is 6.09 Å². The highest BCUT2D eigenvalue weighted by atomic mass is 79.9. The van der Waals surface area contributed by atoms with Crippen molar-refractivity contribution in [1.29, 1.82) is 0 Å². The van der Waals surface area contributed by atoms with Crippen LogP contribution in [0.2, 0.25) is 0 Å². The first-order valence-corrected chi connectivity index (χ1v) is 11.5. The molecule has 176 valence electrons. The van der Waals surface area contributed by atoms with E-state index in [1.54, 1.807) is 16.9 Å². The third kappa shape index (κ3) is 5.65. The summed E-state index contributed by atoms with van der Waals surface area (Å²) in [7, 11) is 3.67. The van der Waals surface area contributed by atoms with Crippen LogP contribution in [0.1, 0.15) is 36.8 Å². The Labute approximate surface area is 202 Å². The third-order valence-electron chi connectivity index (χ3n) is 5.71. The van der Waals surface area contributed by atoms with E-state index in [0.29, 0.717) is 12.1 Å². The van der Waals surface area contributed by atoms with Gasteiger partial charge in [0.25, 0.3) is 5.91 Å². The largest absolute Gasteiger partial charge is 0.465 e. The lowest BCUT2D eigenvalue weighted by molar-refractivity contribution is 0.0892. The minimum absolute atomic E-state index is 0.283. The first-order valence-electron chi connectivity index (χ1n) is 10.7. The molecule has 0 radical (unpaired) electrons. The summed E-state index contributed by atoms with van der Waals surface area (Å²) in [6, 6.07) is 12.4. The molecule has 2 heterocycles. The molecule has 3 N–H and O–H groups in total. The highest BCUT2D eigenvalue weighted by Crippen LogP contribution is 2.31. The average molecular weight is 516 g/mol. The molecule has 0 spiro atoms. The summed E-state index contributed by atoms with van der Waals surface area (Å²) < 4.78 is 4.33. The van der Waals surface area contributed by atoms with E-state index in [9.17, 15) is 14.7 Å². The van der Waals surface area contributed by atoms with Gasteiger partial charge in [0.1, 0.15) is 5.69 Å². The van der Waals surface area contributed by atoms with Gasteiger partial charge in [-0.3, -0.25) is 9.48 Å². The van der Waals surface area contributed by atoms with Crippen LogP contribution in [0, 0.1) is 5.41 Å². The van der Waals surface area contributed by atoms with E-state index in [1.165, 1.54) is 0 Å². The summed E-state index contributed by atoms with van der Waals surface area (Å²) >= 11 is 3.57. The van der Waals surface area contributed by atoms with Gasteiger partial charge in [0.2, 0.25) is 0 Å². The molecule has 3 aromatic rings. The topological polar surface area (TPSA) is 101 Å². The molecule has 2 aromatic heterocycles. The smallest absolute Gasteiger partial charge is 0.404 e. The Bertz CT molecular complexity index is 1130. The fourth-order valence-corrected chi connectivity index (χ4v) is 4.79. The van der Waals surface area contributed by atoms with Gasteiger partial charge < -0.3 is 20.3 Å². The van der Waals surface area contributed by atoms with Crippen LogP contribution >= 0.6 is 15.9 Å². The monoisotopic (exact) mass is 515 g/mol. The molecule has 2 unspecified atom stereocenters. The van der Waals surface area contributed by atoms with Crippen LogP contribution in [0.5, 0.6) is 0 Å². The van der Waals surface area contributed by atoms with Gasteiger partial charge in [0, 0.05) is 24.8 Å². The van der Waals surface area contributed by atoms with E-state index in [1.807, 2.05) is 75.8 Å². The molecular weight excluding hydrogens is 486 g/mol. The number of carbonyl (C=O) groups is 2. The van der Waals surface area contributed by atoms with E-state index < -0.39 is 23.6 Å². The molecule has 0 fully saturated rings. The first kappa shape index (κ1) is 24.6. The third-order valence-corrected chi connectivity index (χ3v) is 6.32. The van der Waals surface area contributed by atoms with Gasteiger partial charge in [0.15, 0.2) is 0 Å². The van der Waals surface area contributed by atoms with E-state index in [0.717, 1.165) is 21.4 Å². The van der Waals surface area contributed by atoms with Crippen molar-refractivity contribution in [3.8, 4) is 11.4 Å². The fourth-order valence-electron chi connectivity index (χ4n) is 4.10. The number of rotatable bonds is 7. The molecule has 9 heteroatoms. The van der Waals surface area contributed by atoms with E-state index in [2.05, 4.69) is 31.7 Å². The second kappa shape index (κ2) is 9.82. The average Bonchev–Trinajstić information content (AvgIpc) is 3.27. The molecule has 0 saturated heterocycles. The number of hydrogen-bond donors (Lipinski definition) is 3. The lowest BCUT2D eigenvalue weighted by atomic mass is 9.80. The normalized spacial score (nSPS) is 13.4. The SMILES string of the molecule is Cn1nccc1-c1c(Br)cc(C(=O)NC(Cc2ccccc2)C(NC(=O)O)C(C)(C)C)n1C. The summed E-state index contributed by atoms with van der Waals surface area (Å²) in [6.07, 6.45) is 1.06. The van der Waals surface area contributed by atoms with Gasteiger partial charge in [0.05, 0.1) is 23.5 Å². The Balaban J connectivity index is 1.96. The number of benzene rings is 1. The zero-order chi connectivity index (χ0) is 24.3. The number of hydrogen-bond acceptors (Lipinski definition) is 3. The molecule has 1 aromatic carbocycles. The lowest BCUT2D eigenvalue weighted by Gasteiger charge is -2.37. The Morgan fingerprint density at radius 1 is 1.12 bits per heavy atom. The summed E-state index contributed by atoms with van der Waals surface area (Å²) in [5, 5.41) is 19.4. The minimum Gasteiger partial charge on any atom is -0.465 e. The second-order valence-corrected chi connectivity index (χ2v) is 10.0. The number of nitrogens with zero attached hydrogens (tertiary/aromatic N) is 3. The number of aryl methyl sites for hydroxylation is 1. The van der Waals surface area contributed by atoms with Crippen molar-refractivity contribution in [2.75, 3.05) is 0 Å². The van der Waals surface area contributed by atoms with Crippen molar-refractivity contribution in [3.63, 3.8) is 0 Å². The van der Waals surface area contributed by atoms with Crippen LogP contribution in [0.15, 0.2) is 53.1 Å². The summed E-state index contributed by atoms with van der Waals surface area (Å²) in [4.78, 5) is 25.0.